The lowest BCUT2D eigenvalue weighted by Gasteiger charge is -2.08. The van der Waals surface area contributed by atoms with Crippen LogP contribution in [0.15, 0.2) is 85.2 Å². The van der Waals surface area contributed by atoms with E-state index in [4.69, 9.17) is 4.42 Å². The molecule has 0 fully saturated rings. The minimum absolute atomic E-state index is 0.00538. The number of carbonyl (C=O) groups is 1. The topological polar surface area (TPSA) is 94.2 Å². The Morgan fingerprint density at radius 2 is 1.79 bits per heavy atom. The molecule has 1 amide bonds. The number of nitrogens with one attached hydrogen (secondary N) is 1. The predicted octanol–water partition coefficient (Wildman–Crippen LogP) is 3.42. The quantitative estimate of drug-likeness (QED) is 0.479. The SMILES string of the molecule is O=C(Cn1nc(-c2ccc(Br)cc2)ccc1=O)Nc1cc2ccccc2oc1=O. The molecule has 0 radical (unpaired) electrons. The number of aromatic nitrogens is 2. The van der Waals surface area contributed by atoms with Gasteiger partial charge >= 0.3 is 5.63 Å². The van der Waals surface area contributed by atoms with E-state index in [1.165, 1.54) is 12.1 Å². The van der Waals surface area contributed by atoms with E-state index in [2.05, 4.69) is 26.3 Å². The Balaban J connectivity index is 1.58. The molecule has 0 bridgehead atoms. The highest BCUT2D eigenvalue weighted by Crippen LogP contribution is 2.19. The molecule has 0 saturated heterocycles. The third-order valence-corrected chi connectivity index (χ3v) is 4.74. The van der Waals surface area contributed by atoms with Crippen LogP contribution in [0.1, 0.15) is 0 Å². The zero-order valence-electron chi connectivity index (χ0n) is 15.0. The summed E-state index contributed by atoms with van der Waals surface area (Å²) in [5.74, 6) is -0.560. The average Bonchev–Trinajstić information content (AvgIpc) is 2.71. The van der Waals surface area contributed by atoms with Gasteiger partial charge < -0.3 is 9.73 Å². The first kappa shape index (κ1) is 18.8. The molecule has 2 aromatic heterocycles. The van der Waals surface area contributed by atoms with Crippen molar-refractivity contribution in [3.8, 4) is 11.3 Å². The number of benzene rings is 2. The van der Waals surface area contributed by atoms with Gasteiger partial charge in [-0.2, -0.15) is 5.10 Å². The van der Waals surface area contributed by atoms with Crippen LogP contribution in [-0.4, -0.2) is 15.7 Å². The van der Waals surface area contributed by atoms with Crippen molar-refractivity contribution in [2.45, 2.75) is 6.54 Å². The zero-order chi connectivity index (χ0) is 20.4. The smallest absolute Gasteiger partial charge is 0.360 e. The molecule has 2 heterocycles. The summed E-state index contributed by atoms with van der Waals surface area (Å²) in [6, 6.07) is 18.9. The maximum absolute atomic E-state index is 12.4. The summed E-state index contributed by atoms with van der Waals surface area (Å²) in [5.41, 5.74) is 0.696. The van der Waals surface area contributed by atoms with Crippen molar-refractivity contribution in [2.24, 2.45) is 0 Å². The summed E-state index contributed by atoms with van der Waals surface area (Å²) in [6.07, 6.45) is 0. The highest BCUT2D eigenvalue weighted by molar-refractivity contribution is 9.10. The van der Waals surface area contributed by atoms with Gasteiger partial charge in [0.15, 0.2) is 0 Å². The van der Waals surface area contributed by atoms with E-state index >= 15 is 0 Å². The first-order chi connectivity index (χ1) is 14.0. The third kappa shape index (κ3) is 4.17. The number of hydrogen-bond donors (Lipinski definition) is 1. The van der Waals surface area contributed by atoms with Crippen molar-refractivity contribution < 1.29 is 9.21 Å². The van der Waals surface area contributed by atoms with Gasteiger partial charge in [-0.1, -0.05) is 46.3 Å². The maximum atomic E-state index is 12.4. The van der Waals surface area contributed by atoms with Crippen LogP contribution in [0.5, 0.6) is 0 Å². The molecule has 0 spiro atoms. The van der Waals surface area contributed by atoms with Gasteiger partial charge in [0.25, 0.3) is 5.56 Å². The molecule has 0 aliphatic heterocycles. The van der Waals surface area contributed by atoms with Crippen molar-refractivity contribution in [3.05, 3.63) is 92.0 Å². The number of anilines is 1. The molecule has 0 aliphatic carbocycles. The fourth-order valence-corrected chi connectivity index (χ4v) is 3.08. The maximum Gasteiger partial charge on any atom is 0.360 e. The summed E-state index contributed by atoms with van der Waals surface area (Å²) in [6.45, 7) is -0.338. The highest BCUT2D eigenvalue weighted by atomic mass is 79.9. The van der Waals surface area contributed by atoms with Crippen molar-refractivity contribution in [1.29, 1.82) is 0 Å². The third-order valence-electron chi connectivity index (χ3n) is 4.22. The molecule has 4 aromatic rings. The number of halogens is 1. The number of amides is 1. The second kappa shape index (κ2) is 7.84. The van der Waals surface area contributed by atoms with Crippen molar-refractivity contribution in [2.75, 3.05) is 5.32 Å². The fourth-order valence-electron chi connectivity index (χ4n) is 2.81. The van der Waals surface area contributed by atoms with Crippen LogP contribution in [0.25, 0.3) is 22.2 Å². The zero-order valence-corrected chi connectivity index (χ0v) is 16.5. The first-order valence-corrected chi connectivity index (χ1v) is 9.46. The summed E-state index contributed by atoms with van der Waals surface area (Å²) in [5, 5.41) is 7.42. The van der Waals surface area contributed by atoms with Crippen LogP contribution in [0.4, 0.5) is 5.69 Å². The molecule has 7 nitrogen and oxygen atoms in total. The van der Waals surface area contributed by atoms with Gasteiger partial charge in [0.1, 0.15) is 17.8 Å². The predicted molar refractivity (Wildman–Crippen MR) is 113 cm³/mol. The van der Waals surface area contributed by atoms with Gasteiger partial charge in [-0.05, 0) is 30.3 Å². The molecule has 4 rings (SSSR count). The molecule has 0 saturated carbocycles. The van der Waals surface area contributed by atoms with Crippen molar-refractivity contribution in [3.63, 3.8) is 0 Å². The van der Waals surface area contributed by atoms with Crippen LogP contribution in [-0.2, 0) is 11.3 Å². The number of para-hydroxylation sites is 1. The Labute approximate surface area is 172 Å². The van der Waals surface area contributed by atoms with Gasteiger partial charge in [-0.15, -0.1) is 0 Å². The van der Waals surface area contributed by atoms with Crippen LogP contribution in [0, 0.1) is 0 Å². The Morgan fingerprint density at radius 3 is 2.59 bits per heavy atom. The van der Waals surface area contributed by atoms with Crippen molar-refractivity contribution in [1.82, 2.24) is 9.78 Å². The summed E-state index contributed by atoms with van der Waals surface area (Å²) in [7, 11) is 0. The summed E-state index contributed by atoms with van der Waals surface area (Å²) in [4.78, 5) is 36.6. The molecule has 8 heteroatoms. The van der Waals surface area contributed by atoms with Crippen LogP contribution < -0.4 is 16.5 Å². The van der Waals surface area contributed by atoms with E-state index in [9.17, 15) is 14.4 Å². The van der Waals surface area contributed by atoms with E-state index < -0.39 is 17.1 Å². The number of hydrogen-bond acceptors (Lipinski definition) is 5. The number of rotatable bonds is 4. The molecule has 2 aromatic carbocycles. The molecular weight excluding hydrogens is 438 g/mol. The van der Waals surface area contributed by atoms with Crippen LogP contribution in [0.3, 0.4) is 0 Å². The number of carbonyl (C=O) groups excluding carboxylic acids is 1. The molecule has 29 heavy (non-hydrogen) atoms. The molecule has 1 N–H and O–H groups in total. The van der Waals surface area contributed by atoms with E-state index in [0.717, 1.165) is 14.7 Å². The second-order valence-corrected chi connectivity index (χ2v) is 7.17. The molecule has 0 atom stereocenters. The average molecular weight is 452 g/mol. The van der Waals surface area contributed by atoms with Crippen LogP contribution >= 0.6 is 15.9 Å². The lowest BCUT2D eigenvalue weighted by atomic mass is 10.1. The minimum atomic E-state index is -0.666. The Morgan fingerprint density at radius 1 is 1.03 bits per heavy atom. The van der Waals surface area contributed by atoms with Crippen LogP contribution in [0.2, 0.25) is 0 Å². The highest BCUT2D eigenvalue weighted by Gasteiger charge is 2.12. The Hall–Kier alpha value is -3.52. The normalized spacial score (nSPS) is 10.8. The number of fused-ring (bicyclic) bond motifs is 1. The second-order valence-electron chi connectivity index (χ2n) is 6.25. The lowest BCUT2D eigenvalue weighted by Crippen LogP contribution is -2.30. The standard InChI is InChI=1S/C21H14BrN3O4/c22-15-7-5-13(6-8-15)16-9-10-20(27)25(24-16)12-19(26)23-17-11-14-3-1-2-4-18(14)29-21(17)28/h1-11H,12H2,(H,23,26). The van der Waals surface area contributed by atoms with E-state index in [1.54, 1.807) is 30.3 Å². The van der Waals surface area contributed by atoms with Gasteiger partial charge in [0, 0.05) is 21.5 Å². The lowest BCUT2D eigenvalue weighted by molar-refractivity contribution is -0.117. The van der Waals surface area contributed by atoms with E-state index in [1.807, 2.05) is 24.3 Å². The van der Waals surface area contributed by atoms with Gasteiger partial charge in [-0.25, -0.2) is 9.48 Å². The Kier molecular flexibility index (Phi) is 5.09. The van der Waals surface area contributed by atoms with Gasteiger partial charge in [0.2, 0.25) is 5.91 Å². The molecule has 0 aliphatic rings. The number of nitrogens with zero attached hydrogens (tertiary/aromatic N) is 2. The molecule has 0 unspecified atom stereocenters. The molecular formula is C21H14BrN3O4. The van der Waals surface area contributed by atoms with E-state index in [-0.39, 0.29) is 12.2 Å². The summed E-state index contributed by atoms with van der Waals surface area (Å²) < 4.78 is 7.17. The molecule has 144 valence electrons. The largest absolute Gasteiger partial charge is 0.421 e. The van der Waals surface area contributed by atoms with Gasteiger partial charge in [-0.3, -0.25) is 9.59 Å². The fraction of sp³-hybridized carbons (Fsp3) is 0.0476. The van der Waals surface area contributed by atoms with Gasteiger partial charge in [0.05, 0.1) is 5.69 Å². The summed E-state index contributed by atoms with van der Waals surface area (Å²) >= 11 is 3.37. The minimum Gasteiger partial charge on any atom is -0.421 e. The first-order valence-electron chi connectivity index (χ1n) is 8.66. The van der Waals surface area contributed by atoms with E-state index in [0.29, 0.717) is 16.7 Å². The van der Waals surface area contributed by atoms with Crippen molar-refractivity contribution >= 4 is 38.5 Å². The Bertz CT molecular complexity index is 1330. The monoisotopic (exact) mass is 451 g/mol.